The molecule has 2 heterocycles. The fourth-order valence-electron chi connectivity index (χ4n) is 2.40. The van der Waals surface area contributed by atoms with E-state index in [0.717, 1.165) is 35.2 Å². The molecule has 0 saturated heterocycles. The Hall–Kier alpha value is -2.25. The Balaban J connectivity index is 1.77. The van der Waals surface area contributed by atoms with Crippen LogP contribution in [0.1, 0.15) is 11.1 Å². The summed E-state index contributed by atoms with van der Waals surface area (Å²) in [6.07, 6.45) is -1.37. The van der Waals surface area contributed by atoms with Crippen LogP contribution in [0.5, 0.6) is 0 Å². The summed E-state index contributed by atoms with van der Waals surface area (Å²) in [5.41, 5.74) is 1.89. The molecule has 0 unspecified atom stereocenters. The smallest absolute Gasteiger partial charge is 0.366 e. The van der Waals surface area contributed by atoms with Crippen LogP contribution in [0.25, 0.3) is 6.08 Å². The Morgan fingerprint density at radius 1 is 1.24 bits per heavy atom. The number of hydrogen-bond donors (Lipinski definition) is 2. The molecule has 2 aromatic rings. The van der Waals surface area contributed by atoms with Crippen LogP contribution < -0.4 is 10.6 Å². The predicted molar refractivity (Wildman–Crippen MR) is 91.6 cm³/mol. The van der Waals surface area contributed by atoms with Gasteiger partial charge in [-0.15, -0.1) is 0 Å². The van der Waals surface area contributed by atoms with E-state index in [0.29, 0.717) is 24.9 Å². The van der Waals surface area contributed by atoms with Gasteiger partial charge in [0.25, 0.3) is 0 Å². The molecule has 1 aliphatic heterocycles. The van der Waals surface area contributed by atoms with Crippen molar-refractivity contribution in [2.24, 2.45) is 0 Å². The second kappa shape index (κ2) is 7.33. The summed E-state index contributed by atoms with van der Waals surface area (Å²) in [5, 5.41) is 6.64. The summed E-state index contributed by atoms with van der Waals surface area (Å²) in [6, 6.07) is 7.36. The van der Waals surface area contributed by atoms with E-state index in [1.54, 1.807) is 6.07 Å². The highest BCUT2D eigenvalue weighted by atomic mass is 35.5. The molecule has 0 spiro atoms. The fraction of sp³-hybridized carbons (Fsp3) is 0.235. The Morgan fingerprint density at radius 3 is 2.88 bits per heavy atom. The van der Waals surface area contributed by atoms with Gasteiger partial charge in [-0.3, -0.25) is 0 Å². The van der Waals surface area contributed by atoms with Gasteiger partial charge in [0.15, 0.2) is 0 Å². The van der Waals surface area contributed by atoms with Gasteiger partial charge in [-0.1, -0.05) is 11.6 Å². The number of alkyl halides is 3. The van der Waals surface area contributed by atoms with E-state index in [1.807, 2.05) is 18.2 Å². The maximum absolute atomic E-state index is 12.8. The highest BCUT2D eigenvalue weighted by Gasteiger charge is 2.30. The van der Waals surface area contributed by atoms with E-state index >= 15 is 0 Å². The van der Waals surface area contributed by atoms with Gasteiger partial charge in [-0.2, -0.15) is 13.2 Å². The van der Waals surface area contributed by atoms with Gasteiger partial charge in [-0.25, -0.2) is 4.98 Å². The third-order valence-electron chi connectivity index (χ3n) is 3.61. The van der Waals surface area contributed by atoms with Gasteiger partial charge in [0.2, 0.25) is 0 Å². The van der Waals surface area contributed by atoms with E-state index in [4.69, 9.17) is 16.3 Å². The molecule has 0 amide bonds. The molecule has 1 aliphatic rings. The Morgan fingerprint density at radius 2 is 2.08 bits per heavy atom. The van der Waals surface area contributed by atoms with Gasteiger partial charge in [0, 0.05) is 23.5 Å². The summed E-state index contributed by atoms with van der Waals surface area (Å²) in [7, 11) is 0. The quantitative estimate of drug-likeness (QED) is 0.826. The van der Waals surface area contributed by atoms with Crippen LogP contribution >= 0.6 is 11.6 Å². The number of pyridine rings is 1. The van der Waals surface area contributed by atoms with Gasteiger partial charge in [0.05, 0.1) is 12.2 Å². The van der Waals surface area contributed by atoms with Crippen LogP contribution in [0, 0.1) is 0 Å². The Bertz CT molecular complexity index is 793. The normalized spacial score (nSPS) is 16.7. The molecule has 132 valence electrons. The molecule has 1 aromatic carbocycles. The maximum atomic E-state index is 12.8. The monoisotopic (exact) mass is 369 g/mol. The number of ether oxygens (including phenoxy) is 1. The number of anilines is 2. The standard InChI is InChI=1S/C17H15ClF3N3O/c18-14-1-2-15-12(6-14)5-11(9-25-10-24-15)8-23-16-7-13(3-4-22-16)17(19,20)21/h1-7,24H,8-10H2,(H,22,23)/b11-5-. The molecular formula is C17H15ClF3N3O. The lowest BCUT2D eigenvalue weighted by Crippen LogP contribution is -2.16. The predicted octanol–water partition coefficient (Wildman–Crippen LogP) is 4.65. The lowest BCUT2D eigenvalue weighted by atomic mass is 10.1. The molecule has 3 rings (SSSR count). The molecule has 8 heteroatoms. The van der Waals surface area contributed by atoms with Crippen molar-refractivity contribution in [3.8, 4) is 0 Å². The first-order chi connectivity index (χ1) is 11.9. The minimum atomic E-state index is -4.40. The minimum Gasteiger partial charge on any atom is -0.366 e. The highest BCUT2D eigenvalue weighted by molar-refractivity contribution is 6.30. The second-order valence-electron chi connectivity index (χ2n) is 5.48. The lowest BCUT2D eigenvalue weighted by Gasteiger charge is -2.18. The summed E-state index contributed by atoms with van der Waals surface area (Å²) in [5.74, 6) is 0.155. The number of rotatable bonds is 3. The lowest BCUT2D eigenvalue weighted by molar-refractivity contribution is -0.137. The number of aromatic nitrogens is 1. The second-order valence-corrected chi connectivity index (χ2v) is 5.92. The molecule has 1 aromatic heterocycles. The third kappa shape index (κ3) is 4.64. The van der Waals surface area contributed by atoms with Crippen molar-refractivity contribution in [2.75, 3.05) is 30.5 Å². The molecule has 25 heavy (non-hydrogen) atoms. The maximum Gasteiger partial charge on any atom is 0.416 e. The Labute approximate surface area is 147 Å². The number of nitrogens with zero attached hydrogens (tertiary/aromatic N) is 1. The van der Waals surface area contributed by atoms with E-state index in [2.05, 4.69) is 15.6 Å². The topological polar surface area (TPSA) is 46.2 Å². The SMILES string of the molecule is FC(F)(F)c1ccnc(NC/C2=C/c3cc(Cl)ccc3NCOC2)c1. The summed E-state index contributed by atoms with van der Waals surface area (Å²) in [6.45, 7) is 0.971. The summed E-state index contributed by atoms with van der Waals surface area (Å²) >= 11 is 6.03. The van der Waals surface area contributed by atoms with Crippen molar-refractivity contribution in [1.82, 2.24) is 4.98 Å². The summed E-state index contributed by atoms with van der Waals surface area (Å²) < 4.78 is 43.8. The van der Waals surface area contributed by atoms with Crippen LogP contribution in [0.3, 0.4) is 0 Å². The van der Waals surface area contributed by atoms with Crippen molar-refractivity contribution in [3.05, 3.63) is 58.3 Å². The molecular weight excluding hydrogens is 355 g/mol. The summed E-state index contributed by atoms with van der Waals surface area (Å²) in [4.78, 5) is 3.93. The molecule has 0 fully saturated rings. The van der Waals surface area contributed by atoms with E-state index in [1.165, 1.54) is 0 Å². The first-order valence-corrected chi connectivity index (χ1v) is 7.87. The van der Waals surface area contributed by atoms with E-state index in [-0.39, 0.29) is 5.82 Å². The van der Waals surface area contributed by atoms with Crippen LogP contribution in [0.15, 0.2) is 42.1 Å². The number of hydrogen-bond acceptors (Lipinski definition) is 4. The van der Waals surface area contributed by atoms with Crippen LogP contribution in [-0.2, 0) is 10.9 Å². The minimum absolute atomic E-state index is 0.155. The van der Waals surface area contributed by atoms with Gasteiger partial charge in [-0.05, 0) is 47.5 Å². The first kappa shape index (κ1) is 17.6. The van der Waals surface area contributed by atoms with Crippen LogP contribution in [0.4, 0.5) is 24.7 Å². The molecule has 4 nitrogen and oxygen atoms in total. The van der Waals surface area contributed by atoms with Crippen LogP contribution in [0.2, 0.25) is 5.02 Å². The van der Waals surface area contributed by atoms with Gasteiger partial charge < -0.3 is 15.4 Å². The van der Waals surface area contributed by atoms with Crippen molar-refractivity contribution in [2.45, 2.75) is 6.18 Å². The van der Waals surface area contributed by atoms with E-state index < -0.39 is 11.7 Å². The van der Waals surface area contributed by atoms with Gasteiger partial charge >= 0.3 is 6.18 Å². The average Bonchev–Trinajstić information content (AvgIpc) is 2.55. The highest BCUT2D eigenvalue weighted by Crippen LogP contribution is 2.30. The van der Waals surface area contributed by atoms with Crippen molar-refractivity contribution in [3.63, 3.8) is 0 Å². The molecule has 0 atom stereocenters. The number of benzene rings is 1. The van der Waals surface area contributed by atoms with E-state index in [9.17, 15) is 13.2 Å². The zero-order chi connectivity index (χ0) is 17.9. The van der Waals surface area contributed by atoms with Crippen molar-refractivity contribution < 1.29 is 17.9 Å². The molecule has 0 radical (unpaired) electrons. The molecule has 0 aliphatic carbocycles. The Kier molecular flexibility index (Phi) is 5.15. The fourth-order valence-corrected chi connectivity index (χ4v) is 2.58. The average molecular weight is 370 g/mol. The first-order valence-electron chi connectivity index (χ1n) is 7.49. The van der Waals surface area contributed by atoms with Crippen molar-refractivity contribution in [1.29, 1.82) is 0 Å². The number of fused-ring (bicyclic) bond motifs is 1. The number of halogens is 4. The molecule has 0 bridgehead atoms. The zero-order valence-corrected chi connectivity index (χ0v) is 13.8. The zero-order valence-electron chi connectivity index (χ0n) is 13.0. The largest absolute Gasteiger partial charge is 0.416 e. The molecule has 0 saturated carbocycles. The third-order valence-corrected chi connectivity index (χ3v) is 3.84. The van der Waals surface area contributed by atoms with Gasteiger partial charge in [0.1, 0.15) is 12.5 Å². The van der Waals surface area contributed by atoms with Crippen LogP contribution in [-0.4, -0.2) is 24.9 Å². The van der Waals surface area contributed by atoms with Crippen molar-refractivity contribution >= 4 is 29.2 Å². The number of nitrogens with one attached hydrogen (secondary N) is 2. The molecule has 2 N–H and O–H groups in total.